The van der Waals surface area contributed by atoms with E-state index < -0.39 is 17.8 Å². The number of halogens is 3. The van der Waals surface area contributed by atoms with Gasteiger partial charge in [-0.15, -0.1) is 0 Å². The maximum atomic E-state index is 13.5. The van der Waals surface area contributed by atoms with Gasteiger partial charge in [-0.25, -0.2) is 9.97 Å². The average molecular weight is 489 g/mol. The summed E-state index contributed by atoms with van der Waals surface area (Å²) < 4.78 is 45.9. The minimum atomic E-state index is -4.41. The number of aromatic nitrogens is 3. The van der Waals surface area contributed by atoms with E-state index in [-0.39, 0.29) is 5.56 Å². The van der Waals surface area contributed by atoms with Gasteiger partial charge in [0.25, 0.3) is 0 Å². The van der Waals surface area contributed by atoms with Gasteiger partial charge in [-0.3, -0.25) is 0 Å². The highest BCUT2D eigenvalue weighted by Crippen LogP contribution is 2.37. The van der Waals surface area contributed by atoms with E-state index in [4.69, 9.17) is 4.74 Å². The monoisotopic (exact) mass is 488 g/mol. The van der Waals surface area contributed by atoms with Crippen LogP contribution in [0.4, 0.5) is 24.7 Å². The lowest BCUT2D eigenvalue weighted by Crippen LogP contribution is -2.46. The fourth-order valence-corrected chi connectivity index (χ4v) is 4.64. The molecule has 3 heterocycles. The van der Waals surface area contributed by atoms with Crippen molar-refractivity contribution in [2.75, 3.05) is 50.1 Å². The fourth-order valence-electron chi connectivity index (χ4n) is 4.64. The van der Waals surface area contributed by atoms with Crippen LogP contribution in [0.5, 0.6) is 5.88 Å². The standard InChI is InChI=1S/C25H31F3N6O/c1-6-33-10-12-34(13-11-33)21-14-19-22(30-17(4)31-23(19)32-24(21)35-5)29-16(3)18-8-7-9-20(15(18)2)25(26,27)28/h7-9,14,16H,6,10-13H2,1-5H3,(H,29,30,31,32)/t16-/m1/s1. The molecule has 0 spiro atoms. The van der Waals surface area contributed by atoms with Crippen molar-refractivity contribution >= 4 is 22.5 Å². The van der Waals surface area contributed by atoms with Crippen molar-refractivity contribution in [2.45, 2.75) is 39.9 Å². The molecule has 1 aliphatic heterocycles. The van der Waals surface area contributed by atoms with Gasteiger partial charge >= 0.3 is 6.18 Å². The first kappa shape index (κ1) is 25.0. The van der Waals surface area contributed by atoms with E-state index in [0.717, 1.165) is 44.5 Å². The molecule has 3 aromatic rings. The Morgan fingerprint density at radius 2 is 1.80 bits per heavy atom. The smallest absolute Gasteiger partial charge is 0.416 e. The predicted molar refractivity (Wildman–Crippen MR) is 131 cm³/mol. The second kappa shape index (κ2) is 9.85. The van der Waals surface area contributed by atoms with Gasteiger partial charge in [-0.05, 0) is 50.6 Å². The zero-order chi connectivity index (χ0) is 25.3. The quantitative estimate of drug-likeness (QED) is 0.525. The van der Waals surface area contributed by atoms with Gasteiger partial charge in [0.1, 0.15) is 17.3 Å². The number of ether oxygens (including phenoxy) is 1. The number of anilines is 2. The number of likely N-dealkylation sites (N-methyl/N-ethyl adjacent to an activating group) is 1. The molecule has 4 rings (SSSR count). The van der Waals surface area contributed by atoms with Crippen molar-refractivity contribution in [1.82, 2.24) is 19.9 Å². The van der Waals surface area contributed by atoms with Gasteiger partial charge in [0.05, 0.1) is 24.1 Å². The van der Waals surface area contributed by atoms with Crippen molar-refractivity contribution in [2.24, 2.45) is 0 Å². The molecule has 1 aliphatic rings. The lowest BCUT2D eigenvalue weighted by Gasteiger charge is -2.35. The second-order valence-corrected chi connectivity index (χ2v) is 8.81. The summed E-state index contributed by atoms with van der Waals surface area (Å²) in [4.78, 5) is 18.3. The number of nitrogens with one attached hydrogen (secondary N) is 1. The molecule has 1 N–H and O–H groups in total. The topological polar surface area (TPSA) is 66.4 Å². The number of pyridine rings is 1. The van der Waals surface area contributed by atoms with E-state index in [0.29, 0.717) is 34.1 Å². The molecule has 0 aliphatic carbocycles. The second-order valence-electron chi connectivity index (χ2n) is 8.81. The van der Waals surface area contributed by atoms with E-state index >= 15 is 0 Å². The van der Waals surface area contributed by atoms with Crippen LogP contribution in [-0.4, -0.2) is 59.7 Å². The zero-order valence-corrected chi connectivity index (χ0v) is 20.7. The Labute approximate surface area is 203 Å². The number of hydrogen-bond donors (Lipinski definition) is 1. The van der Waals surface area contributed by atoms with Crippen molar-refractivity contribution in [3.05, 3.63) is 46.8 Å². The summed E-state index contributed by atoms with van der Waals surface area (Å²) in [5.74, 6) is 1.53. The van der Waals surface area contributed by atoms with Gasteiger partial charge in [0.15, 0.2) is 5.65 Å². The number of hydrogen-bond acceptors (Lipinski definition) is 7. The molecule has 0 radical (unpaired) electrons. The maximum absolute atomic E-state index is 13.5. The van der Waals surface area contributed by atoms with Crippen LogP contribution in [0.3, 0.4) is 0 Å². The molecule has 1 aromatic carbocycles. The number of rotatable bonds is 6. The van der Waals surface area contributed by atoms with Crippen molar-refractivity contribution in [3.8, 4) is 5.88 Å². The van der Waals surface area contributed by atoms with Gasteiger partial charge in [0.2, 0.25) is 5.88 Å². The highest BCUT2D eigenvalue weighted by molar-refractivity contribution is 5.90. The summed E-state index contributed by atoms with van der Waals surface area (Å²) in [6.07, 6.45) is -4.41. The van der Waals surface area contributed by atoms with Crippen LogP contribution >= 0.6 is 0 Å². The SMILES string of the molecule is CCN1CCN(c2cc3c(N[C@H](C)c4cccc(C(F)(F)F)c4C)nc(C)nc3nc2OC)CC1. The number of benzene rings is 1. The molecule has 10 heteroatoms. The number of alkyl halides is 3. The van der Waals surface area contributed by atoms with E-state index in [2.05, 4.69) is 37.0 Å². The Morgan fingerprint density at radius 1 is 1.09 bits per heavy atom. The Balaban J connectivity index is 1.73. The Morgan fingerprint density at radius 3 is 2.43 bits per heavy atom. The van der Waals surface area contributed by atoms with Crippen molar-refractivity contribution in [1.29, 1.82) is 0 Å². The molecular weight excluding hydrogens is 457 g/mol. The molecule has 0 bridgehead atoms. The molecule has 2 aromatic heterocycles. The van der Waals surface area contributed by atoms with Gasteiger partial charge < -0.3 is 19.9 Å². The van der Waals surface area contributed by atoms with Gasteiger partial charge in [0, 0.05) is 26.2 Å². The van der Waals surface area contributed by atoms with Gasteiger partial charge in [-0.2, -0.15) is 18.2 Å². The first-order valence-corrected chi connectivity index (χ1v) is 11.8. The first-order chi connectivity index (χ1) is 16.6. The Hall–Kier alpha value is -3.14. The summed E-state index contributed by atoms with van der Waals surface area (Å²) in [7, 11) is 1.59. The number of aryl methyl sites for hydroxylation is 1. The summed E-state index contributed by atoms with van der Waals surface area (Å²) >= 11 is 0. The summed E-state index contributed by atoms with van der Waals surface area (Å²) in [6, 6.07) is 5.80. The van der Waals surface area contributed by atoms with Crippen LogP contribution < -0.4 is 15.0 Å². The van der Waals surface area contributed by atoms with Crippen molar-refractivity contribution < 1.29 is 17.9 Å². The van der Waals surface area contributed by atoms with Crippen LogP contribution in [0.2, 0.25) is 0 Å². The normalized spacial score (nSPS) is 15.9. The van der Waals surface area contributed by atoms with E-state index in [1.54, 1.807) is 20.1 Å². The van der Waals surface area contributed by atoms with Crippen molar-refractivity contribution in [3.63, 3.8) is 0 Å². The number of piperazine rings is 1. The van der Waals surface area contributed by atoms with E-state index in [9.17, 15) is 13.2 Å². The van der Waals surface area contributed by atoms with Crippen LogP contribution in [0.25, 0.3) is 11.0 Å². The maximum Gasteiger partial charge on any atom is 0.416 e. The third kappa shape index (κ3) is 5.12. The molecule has 0 saturated carbocycles. The molecule has 7 nitrogen and oxygen atoms in total. The number of methoxy groups -OCH3 is 1. The molecule has 1 fully saturated rings. The molecular formula is C25H31F3N6O. The molecule has 35 heavy (non-hydrogen) atoms. The zero-order valence-electron chi connectivity index (χ0n) is 20.7. The molecule has 0 unspecified atom stereocenters. The first-order valence-electron chi connectivity index (χ1n) is 11.8. The third-order valence-electron chi connectivity index (χ3n) is 6.60. The highest BCUT2D eigenvalue weighted by Gasteiger charge is 2.33. The third-order valence-corrected chi connectivity index (χ3v) is 6.60. The predicted octanol–water partition coefficient (Wildman–Crippen LogP) is 4.98. The van der Waals surface area contributed by atoms with E-state index in [1.165, 1.54) is 13.0 Å². The van der Waals surface area contributed by atoms with Crippen LogP contribution in [0, 0.1) is 13.8 Å². The molecule has 188 valence electrons. The average Bonchev–Trinajstić information content (AvgIpc) is 2.82. The van der Waals surface area contributed by atoms with Crippen LogP contribution in [-0.2, 0) is 6.18 Å². The number of fused-ring (bicyclic) bond motifs is 1. The lowest BCUT2D eigenvalue weighted by atomic mass is 9.97. The molecule has 1 atom stereocenters. The minimum absolute atomic E-state index is 0.198. The van der Waals surface area contributed by atoms with Crippen LogP contribution in [0.1, 0.15) is 42.4 Å². The molecule has 0 amide bonds. The number of nitrogens with zero attached hydrogens (tertiary/aromatic N) is 5. The Kier molecular flexibility index (Phi) is 7.02. The highest BCUT2D eigenvalue weighted by atomic mass is 19.4. The fraction of sp³-hybridized carbons (Fsp3) is 0.480. The van der Waals surface area contributed by atoms with Crippen LogP contribution in [0.15, 0.2) is 24.3 Å². The van der Waals surface area contributed by atoms with Gasteiger partial charge in [-0.1, -0.05) is 19.1 Å². The summed E-state index contributed by atoms with van der Waals surface area (Å²) in [5.41, 5.74) is 1.45. The van der Waals surface area contributed by atoms with E-state index in [1.807, 2.05) is 13.0 Å². The Bertz CT molecular complexity index is 1210. The molecule has 1 saturated heterocycles. The largest absolute Gasteiger partial charge is 0.479 e. The minimum Gasteiger partial charge on any atom is -0.479 e. The lowest BCUT2D eigenvalue weighted by molar-refractivity contribution is -0.138. The summed E-state index contributed by atoms with van der Waals surface area (Å²) in [6.45, 7) is 11.8. The summed E-state index contributed by atoms with van der Waals surface area (Å²) in [5, 5.41) is 4.01.